The molecule has 0 saturated carbocycles. The Bertz CT molecular complexity index is 290. The molecule has 0 aromatic rings. The summed E-state index contributed by atoms with van der Waals surface area (Å²) in [4.78, 5) is 11.2. The average molecular weight is 323 g/mol. The molecule has 8 heteroatoms. The van der Waals surface area contributed by atoms with Gasteiger partial charge in [-0.2, -0.15) is 0 Å². The third-order valence-electron chi connectivity index (χ3n) is 3.29. The second kappa shape index (κ2) is 12.9. The second-order valence-electron chi connectivity index (χ2n) is 5.14. The highest BCUT2D eigenvalue weighted by Gasteiger charge is 2.31. The van der Waals surface area contributed by atoms with Gasteiger partial charge in [-0.05, 0) is 19.4 Å². The molecule has 0 amide bonds. The average Bonchev–Trinajstić information content (AvgIpc) is 2.50. The van der Waals surface area contributed by atoms with Crippen molar-refractivity contribution in [2.45, 2.75) is 43.7 Å². The number of unbranched alkanes of at least 4 members (excludes halogenated alkanes) is 1. The number of carbonyl (C=O) groups is 1. The van der Waals surface area contributed by atoms with Crippen molar-refractivity contribution in [2.75, 3.05) is 40.5 Å². The highest BCUT2D eigenvalue weighted by molar-refractivity contribution is 5.79. The predicted molar refractivity (Wildman–Crippen MR) is 79.5 cm³/mol. The Morgan fingerprint density at radius 1 is 1.14 bits per heavy atom. The normalized spacial score (nSPS) is 17.0. The zero-order valence-corrected chi connectivity index (χ0v) is 13.3. The fraction of sp³-hybridized carbons (Fsp3) is 0.929. The molecule has 0 saturated heterocycles. The summed E-state index contributed by atoms with van der Waals surface area (Å²) in [6.07, 6.45) is -2.83. The number of methoxy groups -OCH3 is 2. The lowest BCUT2D eigenvalue weighted by Gasteiger charge is -2.28. The Morgan fingerprint density at radius 3 is 2.36 bits per heavy atom. The van der Waals surface area contributed by atoms with Gasteiger partial charge in [0.1, 0.15) is 24.9 Å². The van der Waals surface area contributed by atoms with E-state index >= 15 is 0 Å². The maximum absolute atomic E-state index is 11.2. The van der Waals surface area contributed by atoms with Gasteiger partial charge in [-0.1, -0.05) is 0 Å². The fourth-order valence-electron chi connectivity index (χ4n) is 2.02. The lowest BCUT2D eigenvalue weighted by Crippen LogP contribution is -2.50. The molecule has 0 aliphatic carbocycles. The first-order valence-electron chi connectivity index (χ1n) is 7.37. The standard InChI is InChI=1S/C14H29NO7/c1-21-9-10(17)5-3-4-6-15-7-11(18)14(22-2)13(20)12(19)8-16/h11-16,18-20H,3-9H2,1-2H3. The Balaban J connectivity index is 3.87. The summed E-state index contributed by atoms with van der Waals surface area (Å²) in [5, 5.41) is 40.8. The summed E-state index contributed by atoms with van der Waals surface area (Å²) >= 11 is 0. The summed E-state index contributed by atoms with van der Waals surface area (Å²) in [5.74, 6) is 0.0584. The summed E-state index contributed by atoms with van der Waals surface area (Å²) in [7, 11) is 2.79. The van der Waals surface area contributed by atoms with Crippen molar-refractivity contribution < 1.29 is 34.7 Å². The molecule has 5 N–H and O–H groups in total. The molecule has 0 rings (SSSR count). The number of nitrogens with one attached hydrogen (secondary N) is 1. The molecule has 4 unspecified atom stereocenters. The van der Waals surface area contributed by atoms with Crippen LogP contribution in [0.25, 0.3) is 0 Å². The van der Waals surface area contributed by atoms with E-state index in [1.165, 1.54) is 14.2 Å². The first-order valence-corrected chi connectivity index (χ1v) is 7.37. The number of hydrogen-bond acceptors (Lipinski definition) is 8. The van der Waals surface area contributed by atoms with Crippen LogP contribution in [0, 0.1) is 0 Å². The number of ether oxygens (including phenoxy) is 2. The number of aliphatic hydroxyl groups is 4. The highest BCUT2D eigenvalue weighted by Crippen LogP contribution is 2.08. The SMILES string of the molecule is COCC(=O)CCCCNCC(O)C(OC)C(O)C(O)CO. The number of ketones is 1. The van der Waals surface area contributed by atoms with Crippen LogP contribution in [0.15, 0.2) is 0 Å². The van der Waals surface area contributed by atoms with Crippen molar-refractivity contribution in [1.82, 2.24) is 5.32 Å². The van der Waals surface area contributed by atoms with E-state index in [4.69, 9.17) is 14.6 Å². The molecule has 0 heterocycles. The highest BCUT2D eigenvalue weighted by atomic mass is 16.5. The van der Waals surface area contributed by atoms with Crippen molar-refractivity contribution in [1.29, 1.82) is 0 Å². The van der Waals surface area contributed by atoms with Crippen molar-refractivity contribution in [3.8, 4) is 0 Å². The maximum Gasteiger partial charge on any atom is 0.158 e. The van der Waals surface area contributed by atoms with Gasteiger partial charge >= 0.3 is 0 Å². The van der Waals surface area contributed by atoms with E-state index < -0.39 is 31.0 Å². The van der Waals surface area contributed by atoms with Crippen LogP contribution < -0.4 is 5.32 Å². The van der Waals surface area contributed by atoms with Gasteiger partial charge in [0.25, 0.3) is 0 Å². The van der Waals surface area contributed by atoms with Crippen molar-refractivity contribution in [3.63, 3.8) is 0 Å². The van der Waals surface area contributed by atoms with Crippen LogP contribution in [-0.4, -0.2) is 91.1 Å². The topological polar surface area (TPSA) is 128 Å². The quantitative estimate of drug-likeness (QED) is 0.233. The zero-order valence-electron chi connectivity index (χ0n) is 13.3. The number of aliphatic hydroxyl groups excluding tert-OH is 4. The molecule has 0 aromatic heterocycles. The van der Waals surface area contributed by atoms with Crippen LogP contribution in [0.5, 0.6) is 0 Å². The molecule has 0 fully saturated rings. The van der Waals surface area contributed by atoms with Crippen molar-refractivity contribution >= 4 is 5.78 Å². The minimum absolute atomic E-state index is 0.0584. The zero-order chi connectivity index (χ0) is 17.0. The summed E-state index contributed by atoms with van der Waals surface area (Å²) in [6, 6.07) is 0. The van der Waals surface area contributed by atoms with Gasteiger partial charge in [-0.15, -0.1) is 0 Å². The second-order valence-corrected chi connectivity index (χ2v) is 5.14. The molecule has 0 aromatic carbocycles. The lowest BCUT2D eigenvalue weighted by molar-refractivity contribution is -0.128. The summed E-state index contributed by atoms with van der Waals surface area (Å²) in [6.45, 7) is 0.287. The minimum atomic E-state index is -1.38. The van der Waals surface area contributed by atoms with E-state index in [0.29, 0.717) is 13.0 Å². The minimum Gasteiger partial charge on any atom is -0.394 e. The molecule has 8 nitrogen and oxygen atoms in total. The van der Waals surface area contributed by atoms with E-state index in [-0.39, 0.29) is 18.9 Å². The van der Waals surface area contributed by atoms with Crippen LogP contribution in [0.2, 0.25) is 0 Å². The molecule has 0 bridgehead atoms. The molecule has 4 atom stereocenters. The van der Waals surface area contributed by atoms with Crippen LogP contribution in [0.1, 0.15) is 19.3 Å². The Labute approximate surface area is 131 Å². The maximum atomic E-state index is 11.2. The van der Waals surface area contributed by atoms with E-state index in [1.54, 1.807) is 0 Å². The Morgan fingerprint density at radius 2 is 1.82 bits per heavy atom. The predicted octanol–water partition coefficient (Wildman–Crippen LogP) is -1.95. The van der Waals surface area contributed by atoms with Gasteiger partial charge in [0, 0.05) is 27.2 Å². The van der Waals surface area contributed by atoms with E-state index in [1.807, 2.05) is 0 Å². The van der Waals surface area contributed by atoms with Crippen molar-refractivity contribution in [2.24, 2.45) is 0 Å². The summed E-state index contributed by atoms with van der Waals surface area (Å²) < 4.78 is 9.69. The molecule has 22 heavy (non-hydrogen) atoms. The van der Waals surface area contributed by atoms with Gasteiger partial charge in [0.05, 0.1) is 12.7 Å². The molecule has 0 aliphatic heterocycles. The van der Waals surface area contributed by atoms with E-state index in [9.17, 15) is 20.1 Å². The molecular weight excluding hydrogens is 294 g/mol. The monoisotopic (exact) mass is 323 g/mol. The first-order chi connectivity index (χ1) is 10.5. The number of rotatable bonds is 14. The lowest BCUT2D eigenvalue weighted by atomic mass is 10.0. The summed E-state index contributed by atoms with van der Waals surface area (Å²) in [5.41, 5.74) is 0. The third kappa shape index (κ3) is 8.74. The van der Waals surface area contributed by atoms with Crippen LogP contribution >= 0.6 is 0 Å². The first kappa shape index (κ1) is 21.4. The molecule has 132 valence electrons. The molecule has 0 aliphatic rings. The van der Waals surface area contributed by atoms with Crippen LogP contribution in [-0.2, 0) is 14.3 Å². The molecule has 0 radical (unpaired) electrons. The third-order valence-corrected chi connectivity index (χ3v) is 3.29. The number of hydrogen-bond donors (Lipinski definition) is 5. The van der Waals surface area contributed by atoms with Gasteiger partial charge in [-0.25, -0.2) is 0 Å². The fourth-order valence-corrected chi connectivity index (χ4v) is 2.02. The smallest absolute Gasteiger partial charge is 0.158 e. The Kier molecular flexibility index (Phi) is 12.5. The van der Waals surface area contributed by atoms with Crippen LogP contribution in [0.3, 0.4) is 0 Å². The van der Waals surface area contributed by atoms with Crippen molar-refractivity contribution in [3.05, 3.63) is 0 Å². The molecule has 0 spiro atoms. The van der Waals surface area contributed by atoms with E-state index in [2.05, 4.69) is 5.32 Å². The number of Topliss-reactive ketones (excluding diaryl/α,β-unsaturated/α-hetero) is 1. The Hall–Kier alpha value is -0.610. The molecular formula is C14H29NO7. The van der Waals surface area contributed by atoms with Gasteiger partial charge in [-0.3, -0.25) is 4.79 Å². The van der Waals surface area contributed by atoms with Gasteiger partial charge in [0.15, 0.2) is 5.78 Å². The number of carbonyl (C=O) groups excluding carboxylic acids is 1. The largest absolute Gasteiger partial charge is 0.394 e. The van der Waals surface area contributed by atoms with Gasteiger partial charge < -0.3 is 35.2 Å². The van der Waals surface area contributed by atoms with Gasteiger partial charge in [0.2, 0.25) is 0 Å². The van der Waals surface area contributed by atoms with E-state index in [0.717, 1.165) is 12.8 Å². The van der Waals surface area contributed by atoms with Crippen LogP contribution in [0.4, 0.5) is 0 Å².